The number of hydrogen-bond acceptors (Lipinski definition) is 8. The third-order valence-corrected chi connectivity index (χ3v) is 8.46. The second kappa shape index (κ2) is 11.1. The lowest BCUT2D eigenvalue weighted by atomic mass is 10.0. The molecule has 5 aromatic rings. The van der Waals surface area contributed by atoms with Crippen LogP contribution in [0.5, 0.6) is 5.75 Å². The minimum Gasteiger partial charge on any atom is -0.492 e. The molecular weight excluding hydrogens is 554 g/mol. The Morgan fingerprint density at radius 2 is 2.00 bits per heavy atom. The van der Waals surface area contributed by atoms with Crippen LogP contribution in [0.15, 0.2) is 59.6 Å². The summed E-state index contributed by atoms with van der Waals surface area (Å²) in [5, 5.41) is 2.49. The quantitative estimate of drug-likeness (QED) is 0.0873. The standard InChI is InChI=1S/C28H30ClN5O5S/c1-33(2)9-11-39-19-6-7-22-18(12-19)13-23(32-22)28(36)34-16-25(40(37,38)31-8-10-35)27-20-5-3-4-17(15-29)26(20)21(30)14-24(27)34/h3-7,10,12-14,16,31-32,37-38H,8-9,11,15,30H2,1-2H3. The Morgan fingerprint density at radius 1 is 1.20 bits per heavy atom. The minimum atomic E-state index is -3.67. The van der Waals surface area contributed by atoms with Crippen molar-refractivity contribution >= 4 is 72.8 Å². The van der Waals surface area contributed by atoms with Crippen LogP contribution in [0.1, 0.15) is 16.1 Å². The third kappa shape index (κ3) is 5.15. The number of rotatable bonds is 10. The number of alkyl halides is 1. The first-order valence-electron chi connectivity index (χ1n) is 12.5. The van der Waals surface area contributed by atoms with Gasteiger partial charge >= 0.3 is 0 Å². The molecule has 0 saturated heterocycles. The zero-order valence-corrected chi connectivity index (χ0v) is 23.6. The van der Waals surface area contributed by atoms with Gasteiger partial charge in [0.05, 0.1) is 12.1 Å². The van der Waals surface area contributed by atoms with Crippen LogP contribution in [-0.4, -0.2) is 69.5 Å². The van der Waals surface area contributed by atoms with Crippen molar-refractivity contribution in [2.24, 2.45) is 0 Å². The van der Waals surface area contributed by atoms with Gasteiger partial charge in [-0.05, 0) is 55.4 Å². The highest BCUT2D eigenvalue weighted by molar-refractivity contribution is 8.22. The molecule has 0 aliphatic carbocycles. The summed E-state index contributed by atoms with van der Waals surface area (Å²) >= 11 is 6.18. The van der Waals surface area contributed by atoms with E-state index in [0.29, 0.717) is 46.0 Å². The Morgan fingerprint density at radius 3 is 2.73 bits per heavy atom. The van der Waals surface area contributed by atoms with E-state index in [1.807, 2.05) is 43.3 Å². The molecule has 0 bridgehead atoms. The summed E-state index contributed by atoms with van der Waals surface area (Å²) in [6.45, 7) is 1.00. The molecule has 2 heterocycles. The van der Waals surface area contributed by atoms with Crippen LogP contribution >= 0.6 is 22.4 Å². The number of ether oxygens (including phenoxy) is 1. The Kier molecular flexibility index (Phi) is 7.78. The van der Waals surface area contributed by atoms with E-state index in [1.54, 1.807) is 24.3 Å². The van der Waals surface area contributed by atoms with Gasteiger partial charge < -0.3 is 25.1 Å². The highest BCUT2D eigenvalue weighted by Gasteiger charge is 2.27. The molecule has 0 aliphatic heterocycles. The van der Waals surface area contributed by atoms with Crippen LogP contribution in [0.25, 0.3) is 32.6 Å². The molecule has 2 aromatic heterocycles. The molecule has 12 heteroatoms. The summed E-state index contributed by atoms with van der Waals surface area (Å²) in [5.41, 5.74) is 9.03. The summed E-state index contributed by atoms with van der Waals surface area (Å²) < 4.78 is 31.8. The normalized spacial score (nSPS) is 12.6. The molecule has 0 atom stereocenters. The molecule has 0 amide bonds. The largest absolute Gasteiger partial charge is 0.492 e. The van der Waals surface area contributed by atoms with Gasteiger partial charge in [-0.25, -0.2) is 4.72 Å². The SMILES string of the molecule is CN(C)CCOc1ccc2[nH]c(C(=O)n3cc(S(O)(O)NCC=O)c4c5cccc(CCl)c5c(N)cc43)cc2c1. The number of hydrogen-bond donors (Lipinski definition) is 5. The first-order valence-corrected chi connectivity index (χ1v) is 14.6. The van der Waals surface area contributed by atoms with Crippen LogP contribution in [0.3, 0.4) is 0 Å². The predicted octanol–water partition coefficient (Wildman–Crippen LogP) is 5.04. The van der Waals surface area contributed by atoms with E-state index in [1.165, 1.54) is 10.8 Å². The van der Waals surface area contributed by atoms with Crippen LogP contribution in [0.4, 0.5) is 5.69 Å². The average Bonchev–Trinajstić information content (AvgIpc) is 3.53. The summed E-state index contributed by atoms with van der Waals surface area (Å²) in [4.78, 5) is 30.1. The van der Waals surface area contributed by atoms with Gasteiger partial charge in [0.25, 0.3) is 5.91 Å². The van der Waals surface area contributed by atoms with Crippen molar-refractivity contribution in [3.05, 3.63) is 66.0 Å². The zero-order valence-electron chi connectivity index (χ0n) is 22.0. The first-order chi connectivity index (χ1) is 19.1. The Balaban J connectivity index is 1.65. The molecule has 10 nitrogen and oxygen atoms in total. The lowest BCUT2D eigenvalue weighted by Crippen LogP contribution is -2.22. The van der Waals surface area contributed by atoms with Gasteiger partial charge in [0.15, 0.2) is 0 Å². The van der Waals surface area contributed by atoms with Crippen molar-refractivity contribution in [3.8, 4) is 5.75 Å². The van der Waals surface area contributed by atoms with E-state index in [2.05, 4.69) is 9.71 Å². The monoisotopic (exact) mass is 583 g/mol. The number of halogens is 1. The number of carbonyl (C=O) groups excluding carboxylic acids is 2. The number of aromatic nitrogens is 2. The number of H-pyrrole nitrogens is 1. The van der Waals surface area contributed by atoms with E-state index in [0.717, 1.165) is 23.0 Å². The van der Waals surface area contributed by atoms with Crippen molar-refractivity contribution < 1.29 is 23.4 Å². The van der Waals surface area contributed by atoms with Gasteiger partial charge in [0, 0.05) is 46.0 Å². The Bertz CT molecular complexity index is 1750. The molecule has 0 fully saturated rings. The van der Waals surface area contributed by atoms with Gasteiger partial charge in [0.1, 0.15) is 29.2 Å². The van der Waals surface area contributed by atoms with E-state index in [-0.39, 0.29) is 23.0 Å². The highest BCUT2D eigenvalue weighted by Crippen LogP contribution is 2.51. The maximum atomic E-state index is 13.9. The maximum Gasteiger partial charge on any atom is 0.278 e. The van der Waals surface area contributed by atoms with Crippen LogP contribution < -0.4 is 15.2 Å². The van der Waals surface area contributed by atoms with Gasteiger partial charge in [-0.2, -0.15) is 0 Å². The molecule has 0 spiro atoms. The van der Waals surface area contributed by atoms with Gasteiger partial charge in [0.2, 0.25) is 0 Å². The lowest BCUT2D eigenvalue weighted by Gasteiger charge is -2.31. The molecular formula is C28H30ClN5O5S. The van der Waals surface area contributed by atoms with Crippen molar-refractivity contribution in [2.45, 2.75) is 10.8 Å². The van der Waals surface area contributed by atoms with Gasteiger partial charge in [-0.1, -0.05) is 18.2 Å². The number of nitrogen functional groups attached to an aromatic ring is 1. The van der Waals surface area contributed by atoms with Crippen molar-refractivity contribution in [2.75, 3.05) is 39.5 Å². The Hall–Kier alpha value is -3.58. The fourth-order valence-electron chi connectivity index (χ4n) is 4.79. The second-order valence-corrected chi connectivity index (χ2v) is 11.7. The van der Waals surface area contributed by atoms with Gasteiger partial charge in [-0.3, -0.25) is 18.5 Å². The molecule has 210 valence electrons. The summed E-state index contributed by atoms with van der Waals surface area (Å²) in [7, 11) is 0.268. The van der Waals surface area contributed by atoms with Crippen LogP contribution in [-0.2, 0) is 10.7 Å². The molecule has 5 rings (SSSR count). The van der Waals surface area contributed by atoms with Crippen molar-refractivity contribution in [1.29, 1.82) is 0 Å². The number of fused-ring (bicyclic) bond motifs is 4. The Labute approximate surface area is 237 Å². The van der Waals surface area contributed by atoms with Crippen molar-refractivity contribution in [1.82, 2.24) is 19.2 Å². The number of nitrogens with one attached hydrogen (secondary N) is 2. The molecule has 6 N–H and O–H groups in total. The summed E-state index contributed by atoms with van der Waals surface area (Å²) in [6.07, 6.45) is 1.91. The number of nitrogens with zero attached hydrogens (tertiary/aromatic N) is 2. The topological polar surface area (TPSA) is 146 Å². The van der Waals surface area contributed by atoms with Crippen LogP contribution in [0.2, 0.25) is 0 Å². The van der Waals surface area contributed by atoms with Crippen molar-refractivity contribution in [3.63, 3.8) is 0 Å². The summed E-state index contributed by atoms with van der Waals surface area (Å²) in [6, 6.07) is 14.3. The molecule has 0 unspecified atom stereocenters. The fraction of sp³-hybridized carbons (Fsp3) is 0.214. The number of carbonyl (C=O) groups is 2. The average molecular weight is 584 g/mol. The zero-order chi connectivity index (χ0) is 28.6. The van der Waals surface area contributed by atoms with E-state index < -0.39 is 16.7 Å². The third-order valence-electron chi connectivity index (χ3n) is 6.68. The highest BCUT2D eigenvalue weighted by atomic mass is 35.5. The van der Waals surface area contributed by atoms with E-state index >= 15 is 0 Å². The van der Waals surface area contributed by atoms with Crippen LogP contribution in [0, 0.1) is 0 Å². The molecule has 0 aliphatic rings. The van der Waals surface area contributed by atoms with Gasteiger partial charge in [-0.15, -0.1) is 22.4 Å². The number of likely N-dealkylation sites (N-methyl/N-ethyl adjacent to an activating group) is 1. The predicted molar refractivity (Wildman–Crippen MR) is 161 cm³/mol. The lowest BCUT2D eigenvalue weighted by molar-refractivity contribution is -0.106. The molecule has 0 saturated carbocycles. The second-order valence-electron chi connectivity index (χ2n) is 9.65. The maximum absolute atomic E-state index is 13.9. The molecule has 40 heavy (non-hydrogen) atoms. The van der Waals surface area contributed by atoms with E-state index in [4.69, 9.17) is 22.1 Å². The smallest absolute Gasteiger partial charge is 0.278 e. The summed E-state index contributed by atoms with van der Waals surface area (Å²) in [5.74, 6) is 0.448. The first kappa shape index (κ1) is 28.0. The number of benzene rings is 3. The fourth-order valence-corrected chi connectivity index (χ4v) is 6.22. The number of aldehydes is 1. The number of anilines is 1. The van der Waals surface area contributed by atoms with E-state index in [9.17, 15) is 18.7 Å². The minimum absolute atomic E-state index is 0.0714. The number of aromatic amines is 1. The molecule has 0 radical (unpaired) electrons. The molecule has 3 aromatic carbocycles. The number of nitrogens with two attached hydrogens (primary N) is 1.